The molecule has 0 amide bonds. The highest BCUT2D eigenvalue weighted by Crippen LogP contribution is 2.28. The summed E-state index contributed by atoms with van der Waals surface area (Å²) in [6, 6.07) is 1.81. The van der Waals surface area contributed by atoms with Crippen LogP contribution in [-0.2, 0) is 11.3 Å². The topological polar surface area (TPSA) is 74.1 Å². The van der Waals surface area contributed by atoms with Gasteiger partial charge in [0.1, 0.15) is 9.88 Å². The third kappa shape index (κ3) is 2.62. The zero-order valence-electron chi connectivity index (χ0n) is 11.5. The van der Waals surface area contributed by atoms with Gasteiger partial charge in [-0.25, -0.2) is 9.78 Å². The molecular weight excluding hydrogens is 278 g/mol. The summed E-state index contributed by atoms with van der Waals surface area (Å²) in [5.74, 6) is -0.762. The number of carbonyl (C=O) groups is 2. The number of rotatable bonds is 5. The maximum atomic E-state index is 11.9. The molecule has 106 valence electrons. The lowest BCUT2D eigenvalue weighted by molar-refractivity contribution is 0.0517. The normalized spacial score (nSPS) is 10.6. The Hall–Kier alpha value is -2.02. The summed E-state index contributed by atoms with van der Waals surface area (Å²) in [5.41, 5.74) is 0.874. The van der Waals surface area contributed by atoms with Gasteiger partial charge in [0.25, 0.3) is 0 Å². The van der Waals surface area contributed by atoms with Crippen LogP contribution in [-0.4, -0.2) is 33.1 Å². The molecule has 20 heavy (non-hydrogen) atoms. The molecule has 0 saturated carbocycles. The molecule has 2 aromatic rings. The van der Waals surface area contributed by atoms with Crippen molar-refractivity contribution in [3.8, 4) is 10.7 Å². The van der Waals surface area contributed by atoms with Gasteiger partial charge < -0.3 is 4.74 Å². The molecule has 2 rings (SSSR count). The van der Waals surface area contributed by atoms with E-state index in [1.165, 1.54) is 18.3 Å². The fourth-order valence-electron chi connectivity index (χ4n) is 1.77. The number of hydrogen-bond donors (Lipinski definition) is 0. The quantitative estimate of drug-likeness (QED) is 0.625. The van der Waals surface area contributed by atoms with Crippen LogP contribution >= 0.6 is 11.3 Å². The lowest BCUT2D eigenvalue weighted by atomic mass is 10.3. The first kappa shape index (κ1) is 14.4. The Morgan fingerprint density at radius 3 is 2.75 bits per heavy atom. The van der Waals surface area contributed by atoms with Crippen molar-refractivity contribution >= 4 is 23.1 Å². The number of esters is 1. The standard InChI is InChI=1S/C13H15N3O3S/c1-4-16-9(6-7-14-16)12-15-10(13(18)19-5-2)11(20-12)8(3)17/h6-7H,4-5H2,1-3H3. The highest BCUT2D eigenvalue weighted by atomic mass is 32.1. The molecule has 0 aliphatic rings. The predicted molar refractivity (Wildman–Crippen MR) is 75.0 cm³/mol. The molecule has 2 aromatic heterocycles. The monoisotopic (exact) mass is 293 g/mol. The summed E-state index contributed by atoms with van der Waals surface area (Å²) in [7, 11) is 0. The van der Waals surface area contributed by atoms with Gasteiger partial charge in [-0.05, 0) is 19.9 Å². The summed E-state index contributed by atoms with van der Waals surface area (Å²) >= 11 is 1.19. The van der Waals surface area contributed by atoms with E-state index in [9.17, 15) is 9.59 Å². The van der Waals surface area contributed by atoms with Gasteiger partial charge in [0.05, 0.1) is 12.3 Å². The fraction of sp³-hybridized carbons (Fsp3) is 0.385. The Morgan fingerprint density at radius 1 is 1.40 bits per heavy atom. The number of nitrogens with zero attached hydrogens (tertiary/aromatic N) is 3. The van der Waals surface area contributed by atoms with Crippen molar-refractivity contribution < 1.29 is 14.3 Å². The molecule has 0 N–H and O–H groups in total. The highest BCUT2D eigenvalue weighted by molar-refractivity contribution is 7.17. The summed E-state index contributed by atoms with van der Waals surface area (Å²) in [5, 5.41) is 4.75. The Bertz CT molecular complexity index is 645. The maximum absolute atomic E-state index is 11.9. The average Bonchev–Trinajstić information content (AvgIpc) is 3.04. The van der Waals surface area contributed by atoms with Gasteiger partial charge in [0.15, 0.2) is 11.5 Å². The molecule has 0 saturated heterocycles. The van der Waals surface area contributed by atoms with Crippen LogP contribution in [0.1, 0.15) is 40.9 Å². The zero-order chi connectivity index (χ0) is 14.7. The fourth-order valence-corrected chi connectivity index (χ4v) is 2.75. The second kappa shape index (κ2) is 5.96. The van der Waals surface area contributed by atoms with E-state index in [1.807, 2.05) is 6.92 Å². The lowest BCUT2D eigenvalue weighted by Gasteiger charge is -2.00. The van der Waals surface area contributed by atoms with E-state index < -0.39 is 5.97 Å². The number of carbonyl (C=O) groups excluding carboxylic acids is 2. The first-order valence-corrected chi connectivity index (χ1v) is 7.11. The molecule has 6 nitrogen and oxygen atoms in total. The third-order valence-electron chi connectivity index (χ3n) is 2.65. The molecule has 2 heterocycles. The number of ketones is 1. The molecule has 0 fully saturated rings. The van der Waals surface area contributed by atoms with Crippen LogP contribution in [0.25, 0.3) is 10.7 Å². The average molecular weight is 293 g/mol. The van der Waals surface area contributed by atoms with Gasteiger partial charge in [0, 0.05) is 19.7 Å². The molecule has 0 aliphatic carbocycles. The second-order valence-electron chi connectivity index (χ2n) is 4.01. The van der Waals surface area contributed by atoms with Crippen molar-refractivity contribution in [2.24, 2.45) is 0 Å². The first-order chi connectivity index (χ1) is 9.58. The smallest absolute Gasteiger partial charge is 0.358 e. The Balaban J connectivity index is 2.49. The second-order valence-corrected chi connectivity index (χ2v) is 5.00. The van der Waals surface area contributed by atoms with Gasteiger partial charge in [-0.15, -0.1) is 11.3 Å². The minimum absolute atomic E-state index is 0.0863. The summed E-state index contributed by atoms with van der Waals surface area (Å²) in [6.45, 7) is 6.02. The van der Waals surface area contributed by atoms with E-state index in [2.05, 4.69) is 10.1 Å². The van der Waals surface area contributed by atoms with Crippen molar-refractivity contribution in [2.75, 3.05) is 6.61 Å². The van der Waals surface area contributed by atoms with Crippen molar-refractivity contribution in [3.63, 3.8) is 0 Å². The lowest BCUT2D eigenvalue weighted by Crippen LogP contribution is -2.09. The van der Waals surface area contributed by atoms with E-state index in [0.717, 1.165) is 5.69 Å². The van der Waals surface area contributed by atoms with Crippen molar-refractivity contribution in [1.29, 1.82) is 0 Å². The van der Waals surface area contributed by atoms with Crippen LogP contribution in [0.4, 0.5) is 0 Å². The number of aryl methyl sites for hydroxylation is 1. The van der Waals surface area contributed by atoms with E-state index in [4.69, 9.17) is 4.74 Å². The number of thiazole rings is 1. The largest absolute Gasteiger partial charge is 0.461 e. The summed E-state index contributed by atoms with van der Waals surface area (Å²) < 4.78 is 6.70. The van der Waals surface area contributed by atoms with Crippen LogP contribution in [0.3, 0.4) is 0 Å². The summed E-state index contributed by atoms with van der Waals surface area (Å²) in [4.78, 5) is 28.1. The highest BCUT2D eigenvalue weighted by Gasteiger charge is 2.23. The molecule has 0 bridgehead atoms. The van der Waals surface area contributed by atoms with E-state index >= 15 is 0 Å². The maximum Gasteiger partial charge on any atom is 0.358 e. The molecule has 0 radical (unpaired) electrons. The first-order valence-electron chi connectivity index (χ1n) is 6.29. The SMILES string of the molecule is CCOC(=O)c1nc(-c2ccnn2CC)sc1C(C)=O. The minimum atomic E-state index is -0.567. The Kier molecular flexibility index (Phi) is 4.29. The van der Waals surface area contributed by atoms with Crippen molar-refractivity contribution in [1.82, 2.24) is 14.8 Å². The number of ether oxygens (including phenoxy) is 1. The minimum Gasteiger partial charge on any atom is -0.461 e. The molecule has 0 spiro atoms. The van der Waals surface area contributed by atoms with Gasteiger partial charge in [0.2, 0.25) is 0 Å². The van der Waals surface area contributed by atoms with E-state index in [0.29, 0.717) is 16.4 Å². The molecule has 0 unspecified atom stereocenters. The zero-order valence-corrected chi connectivity index (χ0v) is 12.4. The van der Waals surface area contributed by atoms with Crippen molar-refractivity contribution in [3.05, 3.63) is 22.8 Å². The van der Waals surface area contributed by atoms with Gasteiger partial charge in [-0.3, -0.25) is 9.48 Å². The Labute approximate surface area is 120 Å². The summed E-state index contributed by atoms with van der Waals surface area (Å²) in [6.07, 6.45) is 1.66. The van der Waals surface area contributed by atoms with Crippen LogP contribution in [0.2, 0.25) is 0 Å². The molecule has 7 heteroatoms. The molecular formula is C13H15N3O3S. The van der Waals surface area contributed by atoms with Crippen molar-refractivity contribution in [2.45, 2.75) is 27.3 Å². The number of Topliss-reactive ketones (excluding diaryl/α,β-unsaturated/α-hetero) is 1. The number of hydrogen-bond acceptors (Lipinski definition) is 6. The predicted octanol–water partition coefficient (Wildman–Crippen LogP) is 2.41. The van der Waals surface area contributed by atoms with Gasteiger partial charge in [-0.1, -0.05) is 0 Å². The van der Waals surface area contributed by atoms with Gasteiger partial charge in [-0.2, -0.15) is 5.10 Å². The van der Waals surface area contributed by atoms with Crippen LogP contribution < -0.4 is 0 Å². The molecule has 0 aromatic carbocycles. The molecule has 0 aliphatic heterocycles. The van der Waals surface area contributed by atoms with E-state index in [1.54, 1.807) is 23.9 Å². The van der Waals surface area contributed by atoms with Crippen LogP contribution in [0, 0.1) is 0 Å². The molecule has 0 atom stereocenters. The van der Waals surface area contributed by atoms with Crippen LogP contribution in [0.5, 0.6) is 0 Å². The van der Waals surface area contributed by atoms with E-state index in [-0.39, 0.29) is 18.1 Å². The Morgan fingerprint density at radius 2 is 2.15 bits per heavy atom. The number of aromatic nitrogens is 3. The van der Waals surface area contributed by atoms with Gasteiger partial charge >= 0.3 is 5.97 Å². The van der Waals surface area contributed by atoms with Crippen LogP contribution in [0.15, 0.2) is 12.3 Å². The third-order valence-corrected chi connectivity index (χ3v) is 3.83.